The van der Waals surface area contributed by atoms with Crippen LogP contribution in [0.2, 0.25) is 0 Å². The zero-order valence-corrected chi connectivity index (χ0v) is 14.0. The van der Waals surface area contributed by atoms with E-state index in [1.165, 1.54) is 0 Å². The van der Waals surface area contributed by atoms with Crippen LogP contribution in [0, 0.1) is 13.8 Å². The Morgan fingerprint density at radius 3 is 1.89 bits per heavy atom. The topological polar surface area (TPSA) is 26.4 Å². The number of rotatable bonds is 0. The predicted molar refractivity (Wildman–Crippen MR) is 86.2 cm³/mol. The van der Waals surface area contributed by atoms with Crippen molar-refractivity contribution < 1.29 is 0 Å². The van der Waals surface area contributed by atoms with Gasteiger partial charge in [-0.05, 0) is 25.5 Å². The Morgan fingerprint density at radius 1 is 0.947 bits per heavy atom. The van der Waals surface area contributed by atoms with Gasteiger partial charge < -0.3 is 8.97 Å². The first-order valence-corrected chi connectivity index (χ1v) is 7.25. The van der Waals surface area contributed by atoms with Gasteiger partial charge in [0.25, 0.3) is 5.56 Å². The lowest BCUT2D eigenvalue weighted by atomic mass is 10.3. The summed E-state index contributed by atoms with van der Waals surface area (Å²) in [5, 5.41) is 0. The van der Waals surface area contributed by atoms with Crippen LogP contribution in [-0.4, -0.2) is 8.97 Å². The summed E-state index contributed by atoms with van der Waals surface area (Å²) in [4.78, 5) is 11.8. The second kappa shape index (κ2) is 10.4. The highest BCUT2D eigenvalue weighted by Crippen LogP contribution is 2.07. The van der Waals surface area contributed by atoms with E-state index < -0.39 is 0 Å². The van der Waals surface area contributed by atoms with E-state index in [9.17, 15) is 4.79 Å². The first kappa shape index (κ1) is 19.8. The molecule has 0 aliphatic rings. The van der Waals surface area contributed by atoms with Gasteiger partial charge in [0.05, 0.1) is 0 Å². The molecule has 0 aromatic carbocycles. The number of hydrogen-bond acceptors (Lipinski definition) is 1. The average molecular weight is 266 g/mol. The van der Waals surface area contributed by atoms with E-state index in [1.54, 1.807) is 11.6 Å². The molecule has 0 unspecified atom stereocenters. The molecule has 0 aliphatic heterocycles. The van der Waals surface area contributed by atoms with Crippen molar-refractivity contribution in [2.75, 3.05) is 0 Å². The van der Waals surface area contributed by atoms with Crippen LogP contribution >= 0.6 is 0 Å². The normalized spacial score (nSPS) is 8.47. The fourth-order valence-electron chi connectivity index (χ4n) is 1.54. The molecule has 0 N–H and O–H groups in total. The van der Waals surface area contributed by atoms with Crippen LogP contribution < -0.4 is 5.56 Å². The molecule has 3 heteroatoms. The molecule has 0 amide bonds. The number of aryl methyl sites for hydroxylation is 2. The lowest BCUT2D eigenvalue weighted by Crippen LogP contribution is -2.21. The molecular formula is C16H30N2O. The molecule has 3 nitrogen and oxygen atoms in total. The molecule has 0 saturated heterocycles. The molecular weight excluding hydrogens is 236 g/mol. The van der Waals surface area contributed by atoms with Crippen LogP contribution in [0.3, 0.4) is 0 Å². The van der Waals surface area contributed by atoms with Gasteiger partial charge in [-0.25, -0.2) is 0 Å². The van der Waals surface area contributed by atoms with Crippen molar-refractivity contribution in [3.8, 4) is 0 Å². The molecule has 0 radical (unpaired) electrons. The second-order valence-corrected chi connectivity index (χ2v) is 3.39. The van der Waals surface area contributed by atoms with E-state index in [-0.39, 0.29) is 5.56 Å². The van der Waals surface area contributed by atoms with E-state index in [0.717, 1.165) is 16.8 Å². The maximum atomic E-state index is 11.8. The van der Waals surface area contributed by atoms with Crippen molar-refractivity contribution in [2.24, 2.45) is 7.05 Å². The summed E-state index contributed by atoms with van der Waals surface area (Å²) < 4.78 is 3.55. The molecule has 0 spiro atoms. The SMILES string of the molecule is CC.CC.CC.Cc1ccn2cc(C)n(C)c(=O)c12. The quantitative estimate of drug-likeness (QED) is 0.697. The highest BCUT2D eigenvalue weighted by atomic mass is 16.1. The van der Waals surface area contributed by atoms with Gasteiger partial charge in [-0.3, -0.25) is 4.79 Å². The Hall–Kier alpha value is -1.51. The van der Waals surface area contributed by atoms with Gasteiger partial charge in [-0.15, -0.1) is 0 Å². The van der Waals surface area contributed by atoms with Crippen molar-refractivity contribution in [1.29, 1.82) is 0 Å². The number of aromatic nitrogens is 2. The van der Waals surface area contributed by atoms with Crippen molar-refractivity contribution in [3.63, 3.8) is 0 Å². The van der Waals surface area contributed by atoms with Crippen LogP contribution in [0.15, 0.2) is 23.3 Å². The Kier molecular flexibility index (Phi) is 10.9. The van der Waals surface area contributed by atoms with Gasteiger partial charge in [-0.2, -0.15) is 0 Å². The van der Waals surface area contributed by atoms with Crippen LogP contribution in [0.4, 0.5) is 0 Å². The van der Waals surface area contributed by atoms with Gasteiger partial charge in [0, 0.05) is 25.1 Å². The van der Waals surface area contributed by atoms with Crippen LogP contribution in [-0.2, 0) is 7.05 Å². The molecule has 0 fully saturated rings. The predicted octanol–water partition coefficient (Wildman–Crippen LogP) is 4.33. The fraction of sp³-hybridized carbons (Fsp3) is 0.562. The molecule has 19 heavy (non-hydrogen) atoms. The third kappa shape index (κ3) is 4.58. The van der Waals surface area contributed by atoms with Crippen molar-refractivity contribution in [1.82, 2.24) is 8.97 Å². The lowest BCUT2D eigenvalue weighted by Gasteiger charge is -2.04. The highest BCUT2D eigenvalue weighted by molar-refractivity contribution is 5.53. The minimum Gasteiger partial charge on any atom is -0.317 e. The summed E-state index contributed by atoms with van der Waals surface area (Å²) in [6.45, 7) is 15.9. The molecule has 0 saturated carbocycles. The van der Waals surface area contributed by atoms with E-state index in [4.69, 9.17) is 0 Å². The van der Waals surface area contributed by atoms with Gasteiger partial charge >= 0.3 is 0 Å². The Morgan fingerprint density at radius 2 is 1.42 bits per heavy atom. The molecule has 2 heterocycles. The number of fused-ring (bicyclic) bond motifs is 1. The first-order valence-electron chi connectivity index (χ1n) is 7.25. The minimum absolute atomic E-state index is 0.0718. The minimum atomic E-state index is 0.0718. The van der Waals surface area contributed by atoms with Gasteiger partial charge in [0.15, 0.2) is 0 Å². The Labute approximate surface area is 117 Å². The Bertz CT molecular complexity index is 521. The summed E-state index contributed by atoms with van der Waals surface area (Å²) >= 11 is 0. The van der Waals surface area contributed by atoms with Crippen LogP contribution in [0.25, 0.3) is 5.52 Å². The third-order valence-corrected chi connectivity index (χ3v) is 2.48. The average Bonchev–Trinajstić information content (AvgIpc) is 2.84. The molecule has 0 atom stereocenters. The van der Waals surface area contributed by atoms with Gasteiger partial charge in [0.1, 0.15) is 5.52 Å². The standard InChI is InChI=1S/C10H12N2O.3C2H6/c1-7-4-5-12-6-8(2)11(3)10(13)9(7)12;3*1-2/h4-6H,1-3H3;3*1-2H3. The maximum absolute atomic E-state index is 11.8. The summed E-state index contributed by atoms with van der Waals surface area (Å²) in [7, 11) is 1.80. The van der Waals surface area contributed by atoms with Crippen LogP contribution in [0.5, 0.6) is 0 Å². The lowest BCUT2D eigenvalue weighted by molar-refractivity contribution is 0.803. The largest absolute Gasteiger partial charge is 0.317 e. The molecule has 110 valence electrons. The molecule has 2 aromatic heterocycles. The van der Waals surface area contributed by atoms with Crippen LogP contribution in [0.1, 0.15) is 52.8 Å². The molecule has 2 aromatic rings. The van der Waals surface area contributed by atoms with E-state index in [1.807, 2.05) is 78.3 Å². The number of nitrogens with zero attached hydrogens (tertiary/aromatic N) is 2. The molecule has 2 rings (SSSR count). The monoisotopic (exact) mass is 266 g/mol. The van der Waals surface area contributed by atoms with E-state index in [0.29, 0.717) is 0 Å². The summed E-state index contributed by atoms with van der Waals surface area (Å²) in [5.41, 5.74) is 2.84. The number of hydrogen-bond donors (Lipinski definition) is 0. The van der Waals surface area contributed by atoms with E-state index >= 15 is 0 Å². The summed E-state index contributed by atoms with van der Waals surface area (Å²) in [5.74, 6) is 0. The first-order chi connectivity index (χ1) is 9.11. The zero-order valence-electron chi connectivity index (χ0n) is 14.0. The van der Waals surface area contributed by atoms with Crippen molar-refractivity contribution in [3.05, 3.63) is 40.1 Å². The van der Waals surface area contributed by atoms with E-state index in [2.05, 4.69) is 0 Å². The fourth-order valence-corrected chi connectivity index (χ4v) is 1.54. The van der Waals surface area contributed by atoms with Crippen molar-refractivity contribution in [2.45, 2.75) is 55.4 Å². The Balaban J connectivity index is 0. The summed E-state index contributed by atoms with van der Waals surface area (Å²) in [6, 6.07) is 1.95. The molecule has 0 aliphatic carbocycles. The van der Waals surface area contributed by atoms with Gasteiger partial charge in [0.2, 0.25) is 0 Å². The van der Waals surface area contributed by atoms with Gasteiger partial charge in [-0.1, -0.05) is 41.5 Å². The third-order valence-electron chi connectivity index (χ3n) is 2.48. The maximum Gasteiger partial charge on any atom is 0.275 e. The highest BCUT2D eigenvalue weighted by Gasteiger charge is 2.05. The molecule has 0 bridgehead atoms. The zero-order chi connectivity index (χ0) is 15.6. The second-order valence-electron chi connectivity index (χ2n) is 3.39. The van der Waals surface area contributed by atoms with Crippen molar-refractivity contribution >= 4 is 5.52 Å². The smallest absolute Gasteiger partial charge is 0.275 e. The summed E-state index contributed by atoms with van der Waals surface area (Å²) in [6.07, 6.45) is 3.88.